The van der Waals surface area contributed by atoms with Crippen LogP contribution in [0.3, 0.4) is 0 Å². The first kappa shape index (κ1) is 15.1. The Morgan fingerprint density at radius 1 is 1.31 bits per heavy atom. The average molecular weight is 230 g/mol. The molecule has 0 amide bonds. The van der Waals surface area contributed by atoms with Gasteiger partial charge in [0.15, 0.2) is 6.29 Å². The maximum absolute atomic E-state index is 10.9. The van der Waals surface area contributed by atoms with Gasteiger partial charge in [-0.1, -0.05) is 6.08 Å². The SMILES string of the molecule is C=CCC(CC(OCC)OCC)OC(C)=O. The number of carbonyl (C=O) groups excluding carboxylic acids is 1. The summed E-state index contributed by atoms with van der Waals surface area (Å²) in [6.07, 6.45) is 2.32. The molecule has 0 aromatic carbocycles. The van der Waals surface area contributed by atoms with E-state index in [2.05, 4.69) is 6.58 Å². The fraction of sp³-hybridized carbons (Fsp3) is 0.750. The quantitative estimate of drug-likeness (QED) is 0.346. The number of esters is 1. The van der Waals surface area contributed by atoms with Crippen LogP contribution in [-0.4, -0.2) is 31.6 Å². The van der Waals surface area contributed by atoms with Gasteiger partial charge >= 0.3 is 5.97 Å². The van der Waals surface area contributed by atoms with Gasteiger partial charge < -0.3 is 14.2 Å². The zero-order valence-electron chi connectivity index (χ0n) is 10.4. The Labute approximate surface area is 97.6 Å². The molecule has 0 aromatic rings. The summed E-state index contributed by atoms with van der Waals surface area (Å²) in [6.45, 7) is 9.99. The van der Waals surface area contributed by atoms with Crippen LogP contribution in [0.1, 0.15) is 33.6 Å². The molecular formula is C12H22O4. The van der Waals surface area contributed by atoms with Crippen molar-refractivity contribution in [3.8, 4) is 0 Å². The van der Waals surface area contributed by atoms with E-state index in [9.17, 15) is 4.79 Å². The van der Waals surface area contributed by atoms with Crippen LogP contribution in [0.2, 0.25) is 0 Å². The zero-order chi connectivity index (χ0) is 12.4. The number of ether oxygens (including phenoxy) is 3. The molecule has 0 aliphatic rings. The molecule has 4 heteroatoms. The normalized spacial score (nSPS) is 12.5. The minimum absolute atomic E-state index is 0.224. The van der Waals surface area contributed by atoms with E-state index in [1.807, 2.05) is 13.8 Å². The first-order chi connectivity index (χ1) is 7.63. The predicted octanol–water partition coefficient (Wildman–Crippen LogP) is 2.28. The molecule has 0 saturated carbocycles. The van der Waals surface area contributed by atoms with Crippen LogP contribution in [0.25, 0.3) is 0 Å². The largest absolute Gasteiger partial charge is 0.462 e. The number of hydrogen-bond donors (Lipinski definition) is 0. The summed E-state index contributed by atoms with van der Waals surface area (Å²) in [7, 11) is 0. The minimum atomic E-state index is -0.320. The highest BCUT2D eigenvalue weighted by atomic mass is 16.7. The smallest absolute Gasteiger partial charge is 0.302 e. The summed E-state index contributed by atoms with van der Waals surface area (Å²) in [5.74, 6) is -0.293. The van der Waals surface area contributed by atoms with E-state index >= 15 is 0 Å². The van der Waals surface area contributed by atoms with Gasteiger partial charge in [-0.3, -0.25) is 4.79 Å². The summed E-state index contributed by atoms with van der Waals surface area (Å²) in [4.78, 5) is 10.9. The Morgan fingerprint density at radius 3 is 2.25 bits per heavy atom. The molecule has 0 spiro atoms. The van der Waals surface area contributed by atoms with Crippen molar-refractivity contribution in [2.75, 3.05) is 13.2 Å². The van der Waals surface area contributed by atoms with Crippen LogP contribution < -0.4 is 0 Å². The molecule has 16 heavy (non-hydrogen) atoms. The molecule has 0 aliphatic heterocycles. The van der Waals surface area contributed by atoms with Crippen molar-refractivity contribution in [1.82, 2.24) is 0 Å². The fourth-order valence-electron chi connectivity index (χ4n) is 1.38. The Morgan fingerprint density at radius 2 is 1.88 bits per heavy atom. The predicted molar refractivity (Wildman–Crippen MR) is 62.0 cm³/mol. The lowest BCUT2D eigenvalue weighted by atomic mass is 10.2. The van der Waals surface area contributed by atoms with Crippen LogP contribution in [-0.2, 0) is 19.0 Å². The van der Waals surface area contributed by atoms with E-state index in [0.29, 0.717) is 26.1 Å². The van der Waals surface area contributed by atoms with Gasteiger partial charge in [-0.2, -0.15) is 0 Å². The molecule has 0 aliphatic carbocycles. The second kappa shape index (κ2) is 9.36. The van der Waals surface area contributed by atoms with Gasteiger partial charge in [0.25, 0.3) is 0 Å². The van der Waals surface area contributed by atoms with E-state index in [0.717, 1.165) is 0 Å². The second-order valence-corrected chi connectivity index (χ2v) is 3.33. The summed E-state index contributed by atoms with van der Waals surface area (Å²) in [5, 5.41) is 0. The van der Waals surface area contributed by atoms with E-state index < -0.39 is 0 Å². The molecule has 1 atom stereocenters. The lowest BCUT2D eigenvalue weighted by Gasteiger charge is -2.22. The summed E-state index contributed by atoms with van der Waals surface area (Å²) in [6, 6.07) is 0. The van der Waals surface area contributed by atoms with Crippen LogP contribution in [0.5, 0.6) is 0 Å². The van der Waals surface area contributed by atoms with Crippen molar-refractivity contribution < 1.29 is 19.0 Å². The molecule has 0 bridgehead atoms. The summed E-state index contributed by atoms with van der Waals surface area (Å²) < 4.78 is 15.9. The maximum Gasteiger partial charge on any atom is 0.302 e. The lowest BCUT2D eigenvalue weighted by Crippen LogP contribution is -2.26. The van der Waals surface area contributed by atoms with Gasteiger partial charge in [-0.15, -0.1) is 6.58 Å². The van der Waals surface area contributed by atoms with Crippen LogP contribution >= 0.6 is 0 Å². The Kier molecular flexibility index (Phi) is 8.85. The number of hydrogen-bond acceptors (Lipinski definition) is 4. The monoisotopic (exact) mass is 230 g/mol. The topological polar surface area (TPSA) is 44.8 Å². The summed E-state index contributed by atoms with van der Waals surface area (Å²) in [5.41, 5.74) is 0. The van der Waals surface area contributed by atoms with Gasteiger partial charge in [0.2, 0.25) is 0 Å². The Balaban J connectivity index is 4.18. The maximum atomic E-state index is 10.9. The fourth-order valence-corrected chi connectivity index (χ4v) is 1.38. The molecule has 0 heterocycles. The van der Waals surface area contributed by atoms with Crippen molar-refractivity contribution in [2.24, 2.45) is 0 Å². The van der Waals surface area contributed by atoms with E-state index in [4.69, 9.17) is 14.2 Å². The molecule has 0 aromatic heterocycles. The van der Waals surface area contributed by atoms with Gasteiger partial charge in [0.05, 0.1) is 0 Å². The van der Waals surface area contributed by atoms with Crippen molar-refractivity contribution in [3.63, 3.8) is 0 Å². The van der Waals surface area contributed by atoms with Crippen LogP contribution in [0, 0.1) is 0 Å². The van der Waals surface area contributed by atoms with Crippen molar-refractivity contribution in [1.29, 1.82) is 0 Å². The minimum Gasteiger partial charge on any atom is -0.462 e. The van der Waals surface area contributed by atoms with E-state index in [1.54, 1.807) is 6.08 Å². The van der Waals surface area contributed by atoms with Crippen LogP contribution in [0.15, 0.2) is 12.7 Å². The first-order valence-corrected chi connectivity index (χ1v) is 5.65. The Hall–Kier alpha value is -0.870. The van der Waals surface area contributed by atoms with Crippen LogP contribution in [0.4, 0.5) is 0 Å². The standard InChI is InChI=1S/C12H22O4/c1-5-8-11(16-10(4)13)9-12(14-6-2)15-7-3/h5,11-12H,1,6-9H2,2-4H3. The molecule has 0 N–H and O–H groups in total. The second-order valence-electron chi connectivity index (χ2n) is 3.33. The highest BCUT2D eigenvalue weighted by molar-refractivity contribution is 5.66. The third kappa shape index (κ3) is 7.43. The first-order valence-electron chi connectivity index (χ1n) is 5.65. The molecule has 1 unspecified atom stereocenters. The Bertz CT molecular complexity index is 197. The molecule has 4 nitrogen and oxygen atoms in total. The van der Waals surface area contributed by atoms with Crippen molar-refractivity contribution in [2.45, 2.75) is 46.0 Å². The average Bonchev–Trinajstić information content (AvgIpc) is 2.17. The third-order valence-electron chi connectivity index (χ3n) is 1.92. The van der Waals surface area contributed by atoms with Crippen molar-refractivity contribution >= 4 is 5.97 Å². The van der Waals surface area contributed by atoms with E-state index in [-0.39, 0.29) is 18.4 Å². The van der Waals surface area contributed by atoms with Crippen molar-refractivity contribution in [3.05, 3.63) is 12.7 Å². The lowest BCUT2D eigenvalue weighted by molar-refractivity contribution is -0.167. The van der Waals surface area contributed by atoms with Gasteiger partial charge in [0.1, 0.15) is 6.10 Å². The molecular weight excluding hydrogens is 208 g/mol. The highest BCUT2D eigenvalue weighted by Crippen LogP contribution is 2.12. The molecule has 0 radical (unpaired) electrons. The zero-order valence-corrected chi connectivity index (χ0v) is 10.4. The number of carbonyl (C=O) groups is 1. The van der Waals surface area contributed by atoms with Gasteiger partial charge in [-0.05, 0) is 13.8 Å². The number of rotatable bonds is 9. The summed E-state index contributed by atoms with van der Waals surface area (Å²) >= 11 is 0. The highest BCUT2D eigenvalue weighted by Gasteiger charge is 2.18. The molecule has 94 valence electrons. The van der Waals surface area contributed by atoms with Gasteiger partial charge in [0, 0.05) is 33.0 Å². The molecule has 0 saturated heterocycles. The van der Waals surface area contributed by atoms with E-state index in [1.165, 1.54) is 6.92 Å². The third-order valence-corrected chi connectivity index (χ3v) is 1.92. The van der Waals surface area contributed by atoms with Gasteiger partial charge in [-0.25, -0.2) is 0 Å². The molecule has 0 fully saturated rings. The molecule has 0 rings (SSSR count).